The number of fused-ring (bicyclic) bond motifs is 15. The van der Waals surface area contributed by atoms with Crippen LogP contribution < -0.4 is 47.4 Å². The average molecular weight is 1740 g/mol. The highest BCUT2D eigenvalue weighted by atomic mass is 16.5. The Balaban J connectivity index is 0.000000291. The van der Waals surface area contributed by atoms with Gasteiger partial charge in [-0.25, -0.2) is 0 Å². The van der Waals surface area contributed by atoms with Crippen LogP contribution in [-0.4, -0.2) is 189 Å². The fourth-order valence-electron chi connectivity index (χ4n) is 14.7. The van der Waals surface area contributed by atoms with E-state index in [9.17, 15) is 25.3 Å². The maximum atomic E-state index is 14.1. The molecule has 0 N–H and O–H groups in total. The molecule has 0 saturated carbocycles. The van der Waals surface area contributed by atoms with Gasteiger partial charge >= 0.3 is 0 Å². The molecule has 0 amide bonds. The number of rotatable bonds is 22. The fraction of sp³-hybridized carbons (Fsp3) is 0.650. The molecule has 0 spiro atoms. The molecule has 5 saturated heterocycles. The molecule has 0 radical (unpaired) electrons. The van der Waals surface area contributed by atoms with Crippen molar-refractivity contribution in [1.82, 2.24) is 24.5 Å². The summed E-state index contributed by atoms with van der Waals surface area (Å²) in [5.41, 5.74) is -3.46. The Morgan fingerprint density at radius 1 is 0.400 bits per heavy atom. The van der Waals surface area contributed by atoms with Crippen molar-refractivity contribution >= 4 is 28.9 Å². The third-order valence-corrected chi connectivity index (χ3v) is 20.1. The fourth-order valence-corrected chi connectivity index (χ4v) is 14.7. The second-order valence-corrected chi connectivity index (χ2v) is 29.1. The van der Waals surface area contributed by atoms with E-state index in [0.29, 0.717) is 61.7 Å². The van der Waals surface area contributed by atoms with Crippen LogP contribution in [0.15, 0.2) is 60.5 Å². The molecule has 0 bridgehead atoms. The lowest BCUT2D eigenvalue weighted by molar-refractivity contribution is -0.130. The highest BCUT2D eigenvalue weighted by molar-refractivity contribution is 5.86. The number of ether oxygens (including phenoxy) is 10. The summed E-state index contributed by atoms with van der Waals surface area (Å²) in [5.74, 6) is -33.6. The third-order valence-electron chi connectivity index (χ3n) is 20.1. The number of benzene rings is 5. The lowest BCUT2D eigenvalue weighted by atomic mass is 9.79. The molecule has 15 rings (SSSR count). The van der Waals surface area contributed by atoms with Gasteiger partial charge in [-0.2, -0.15) is 0 Å². The molecule has 10 heterocycles. The number of methoxy groups -OCH3 is 10. The number of Topliss-reactive ketones (excluding diaryl/α,β-unsaturated/α-hetero) is 5. The first-order chi connectivity index (χ1) is 85.0. The Morgan fingerprint density at radius 2 is 0.750 bits per heavy atom. The topological polar surface area (TPSA) is 194 Å². The monoisotopic (exact) mass is 1740 g/mol. The molecule has 12 atom stereocenters. The first kappa shape index (κ1) is 36.8. The molecule has 5 aromatic rings. The van der Waals surface area contributed by atoms with Crippen molar-refractivity contribution in [3.8, 4) is 57.5 Å². The van der Waals surface area contributed by atoms with Crippen LogP contribution in [0, 0.1) is 59.1 Å². The average Bonchev–Trinajstić information content (AvgIpc) is 0.631. The highest BCUT2D eigenvalue weighted by Gasteiger charge is 2.45. The van der Waals surface area contributed by atoms with Crippen molar-refractivity contribution in [3.05, 3.63) is 116 Å². The van der Waals surface area contributed by atoms with E-state index in [1.54, 1.807) is 4.90 Å². The van der Waals surface area contributed by atoms with Gasteiger partial charge in [-0.1, -0.05) is 104 Å². The van der Waals surface area contributed by atoms with Crippen molar-refractivity contribution < 1.29 is 174 Å². The minimum absolute atomic E-state index is 0. The van der Waals surface area contributed by atoms with Crippen molar-refractivity contribution in [1.29, 1.82) is 0 Å². The number of hydrogen-bond donors (Lipinski definition) is 0. The van der Waals surface area contributed by atoms with E-state index in [2.05, 4.69) is 18.7 Å². The SMILES string of the molecule is C.C.C.[2H]C([2H])([2H])Oc1cc2c(cc1OC([2H])([2H])[2H])C1([2H])N(C([2H])([2H])C([2H])(CC(C)C)C(=O)C1([2H])[2H])C([2H])([2H])C2([2H])[2H].[2H]C([2H])([2H])Oc1cc2c(cc1OC([2H])([2H])[2H])C1([2H])N(C([2H])([2H])C2([2H])[2H])C([2H])([2H])C([2H])(C([2H])([2H])C([2H])(C([2H])([2H])[2H])C([2H])([2H])C)C(=O)C1([2H])[2H].[2H]c1c2c(c([2H])c(OC([2H])([2H])[2H])c1OC([2H])([2H])[2H])C1CC(=O)C(C([2H])([2H])C([2H])(C([2H])([2H])[2H])C([2H])([2H])C)CN1CC2.[2H]c1c2c(c([2H])c(OC([2H])([2H])[2H])c1OC([2H])([2H])[2H])C1CC(=O)C(CC(C)C)CN1CC2.[2H]c1c2c(c([2H])c(OC([2H])([2H])[2H])c1OC([2H])([2H])[2H])C1N(CC2)CC([2H])(CC(C)C)C(=O)C1([2H])[2H]. The predicted octanol–water partition coefficient (Wildman–Crippen LogP) is 18.9. The molecule has 20 heteroatoms. The lowest BCUT2D eigenvalue weighted by Crippen LogP contribution is -2.46. The zero-order valence-corrected chi connectivity index (χ0v) is 64.7. The summed E-state index contributed by atoms with van der Waals surface area (Å²) in [6.07, 6.45) is -31.5. The molecule has 5 fully saturated rings. The molecule has 5 aromatic carbocycles. The number of carbonyl (C=O) groups excluding carboxylic acids is 5. The smallest absolute Gasteiger partial charge is 0.161 e. The first-order valence-electron chi connectivity index (χ1n) is 74.3. The Bertz CT molecular complexity index is 7700. The van der Waals surface area contributed by atoms with Gasteiger partial charge in [-0.05, 0) is 210 Å². The molecule has 20 nitrogen and oxygen atoms in total. The van der Waals surface area contributed by atoms with Gasteiger partial charge in [0, 0.05) is 208 Å². The number of aryl methyl sites for hydroxylation is 2. The molecule has 10 aliphatic heterocycles. The summed E-state index contributed by atoms with van der Waals surface area (Å²) in [6, 6.07) is -11.6. The molecule has 0 aromatic heterocycles. The summed E-state index contributed by atoms with van der Waals surface area (Å²) >= 11 is 0. The molecular weight excluding hydrogens is 1510 g/mol. The Labute approximate surface area is 826 Å². The van der Waals surface area contributed by atoms with E-state index >= 15 is 0 Å². The second-order valence-electron chi connectivity index (χ2n) is 29.1. The Morgan fingerprint density at radius 3 is 1.17 bits per heavy atom. The van der Waals surface area contributed by atoms with Crippen LogP contribution in [0.25, 0.3) is 0 Å². The lowest BCUT2D eigenvalue weighted by Gasteiger charge is -2.43. The van der Waals surface area contributed by atoms with Crippen LogP contribution in [0.5, 0.6) is 57.5 Å². The standard InChI is InChI=1S/2C20H29NO3.3C19H27NO3.3CH4/c2*1-5-13(2)8-15-12-21-7-6-14-9-19(23-3)20(24-4)10-16(14)17(21)11-18(15)22;3*1-12(2)7-14-11-20-6-5-13-8-18(22-3)19(23-4)9-15(13)16(20)10-17(14)21;;;/h2*9-10,13,15,17H,5-8,11-12H2,1-4H3;3*8-9,12,14,16H,5-7,10-11H2,1-4H3;3*1H4/i2D3,3D3,4D3,5D2,6D2,7D2,8D2,11D2,12D2,13D,15D,17D;2D3,3D3,4D3,5D2,8D2,9D,10D,13D;3D3,4D3,5D2,6D2,10D2,11D2,14D,16D;3D3,4D3,8D,9D,10D2,14D;3D3,4D3,8D,9D;;;. The van der Waals surface area contributed by atoms with E-state index < -0.39 is 390 Å². The van der Waals surface area contributed by atoms with Crippen LogP contribution in [0.4, 0.5) is 0 Å². The minimum Gasteiger partial charge on any atom is -0.493 e. The van der Waals surface area contributed by atoms with Crippen molar-refractivity contribution in [2.45, 2.75) is 230 Å². The third kappa shape index (κ3) is 22.6. The Kier molecular flexibility index (Phi) is 13.7. The second kappa shape index (κ2) is 44.5. The van der Waals surface area contributed by atoms with Crippen molar-refractivity contribution in [3.63, 3.8) is 0 Å². The number of nitrogens with zero attached hydrogens (tertiary/aromatic N) is 5. The number of piperidine rings is 5. The van der Waals surface area contributed by atoms with Crippen LogP contribution in [0.3, 0.4) is 0 Å². The van der Waals surface area contributed by atoms with Crippen LogP contribution >= 0.6 is 0 Å². The maximum Gasteiger partial charge on any atom is 0.161 e. The molecular formula is C100H151N5O15. The first-order valence-corrected chi connectivity index (χ1v) is 36.8. The highest BCUT2D eigenvalue weighted by Crippen LogP contribution is 2.49. The normalized spacial score (nSPS) is 42.2. The summed E-state index contributed by atoms with van der Waals surface area (Å²) < 4.78 is 653. The van der Waals surface area contributed by atoms with Crippen LogP contribution in [0.1, 0.15) is 357 Å². The predicted molar refractivity (Wildman–Crippen MR) is 480 cm³/mol. The molecule has 666 valence electrons. The van der Waals surface area contributed by atoms with Crippen LogP contribution in [0.2, 0.25) is 0 Å². The van der Waals surface area contributed by atoms with Gasteiger partial charge in [0.05, 0.1) is 122 Å². The molecule has 120 heavy (non-hydrogen) atoms. The van der Waals surface area contributed by atoms with Gasteiger partial charge < -0.3 is 47.4 Å². The van der Waals surface area contributed by atoms with E-state index in [-0.39, 0.29) is 131 Å². The van der Waals surface area contributed by atoms with Gasteiger partial charge in [0.25, 0.3) is 0 Å². The summed E-state index contributed by atoms with van der Waals surface area (Å²) in [6.45, 7) is -10.7. The maximum absolute atomic E-state index is 14.1. The van der Waals surface area contributed by atoms with Gasteiger partial charge in [-0.3, -0.25) is 48.5 Å². The quantitative estimate of drug-likeness (QED) is 0.0634. The van der Waals surface area contributed by atoms with E-state index in [0.717, 1.165) is 13.3 Å². The van der Waals surface area contributed by atoms with Crippen molar-refractivity contribution in [2.24, 2.45) is 59.1 Å². The van der Waals surface area contributed by atoms with E-state index in [4.69, 9.17) is 149 Å². The van der Waals surface area contributed by atoms with Gasteiger partial charge in [-0.15, -0.1) is 0 Å². The van der Waals surface area contributed by atoms with Gasteiger partial charge in [0.1, 0.15) is 28.9 Å². The largest absolute Gasteiger partial charge is 0.493 e. The minimum atomic E-state index is -4.67. The summed E-state index contributed by atoms with van der Waals surface area (Å²) in [5, 5.41) is 0. The molecule has 0 aliphatic carbocycles. The number of carbonyl (C=O) groups is 5. The zero-order valence-electron chi connectivity index (χ0n) is 140. The number of hydrogen-bond acceptors (Lipinski definition) is 20. The van der Waals surface area contributed by atoms with E-state index in [1.165, 1.54) is 18.7 Å². The molecule has 10 aliphatic rings. The van der Waals surface area contributed by atoms with Gasteiger partial charge in [0.2, 0.25) is 0 Å². The van der Waals surface area contributed by atoms with Gasteiger partial charge in [0.15, 0.2) is 57.5 Å². The Hall–Kier alpha value is -7.75. The number of ketones is 5. The summed E-state index contributed by atoms with van der Waals surface area (Å²) in [7, 11) is -31.7. The van der Waals surface area contributed by atoms with Crippen molar-refractivity contribution in [2.75, 3.05) is 136 Å². The summed E-state index contributed by atoms with van der Waals surface area (Å²) in [4.78, 5) is 71.4. The van der Waals surface area contributed by atoms with E-state index in [1.807, 2.05) is 13.8 Å². The molecule has 12 unspecified atom stereocenters. The zero-order chi connectivity index (χ0) is 149. The van der Waals surface area contributed by atoms with Crippen LogP contribution in [-0.2, 0) is 56.0 Å².